The number of rotatable bonds is 2. The van der Waals surface area contributed by atoms with Crippen molar-refractivity contribution in [2.75, 3.05) is 11.1 Å². The van der Waals surface area contributed by atoms with Crippen molar-refractivity contribution in [2.45, 2.75) is 6.92 Å². The molecule has 1 aromatic heterocycles. The van der Waals surface area contributed by atoms with Gasteiger partial charge in [-0.05, 0) is 18.6 Å². The van der Waals surface area contributed by atoms with Gasteiger partial charge in [0.15, 0.2) is 5.82 Å². The average molecular weight is 230 g/mol. The molecule has 0 saturated carbocycles. The Labute approximate surface area is 99.2 Å². The zero-order chi connectivity index (χ0) is 12.4. The standard InChI is InChI=1S/C12H14N4O/c1-8-4-3-5-9(11(8)13)12(17)14-10-6-7-16(2)15-10/h3-7H,13H2,1-2H3,(H,14,15,17). The van der Waals surface area contributed by atoms with Gasteiger partial charge in [-0.25, -0.2) is 0 Å². The summed E-state index contributed by atoms with van der Waals surface area (Å²) in [7, 11) is 1.79. The Bertz CT molecular complexity index is 559. The quantitative estimate of drug-likeness (QED) is 0.769. The number of aromatic nitrogens is 2. The molecule has 0 radical (unpaired) electrons. The fourth-order valence-electron chi connectivity index (χ4n) is 1.54. The molecule has 0 spiro atoms. The molecule has 0 fully saturated rings. The minimum absolute atomic E-state index is 0.245. The molecule has 17 heavy (non-hydrogen) atoms. The van der Waals surface area contributed by atoms with Crippen molar-refractivity contribution in [1.29, 1.82) is 0 Å². The predicted molar refractivity (Wildman–Crippen MR) is 66.8 cm³/mol. The molecule has 1 heterocycles. The maximum absolute atomic E-state index is 12.0. The van der Waals surface area contributed by atoms with Crippen molar-refractivity contribution < 1.29 is 4.79 Å². The molecule has 88 valence electrons. The van der Waals surface area contributed by atoms with Gasteiger partial charge < -0.3 is 11.1 Å². The third kappa shape index (κ3) is 2.28. The predicted octanol–water partition coefficient (Wildman–Crippen LogP) is 1.56. The van der Waals surface area contributed by atoms with Crippen LogP contribution in [0.5, 0.6) is 0 Å². The number of hydrogen-bond donors (Lipinski definition) is 2. The largest absolute Gasteiger partial charge is 0.398 e. The van der Waals surface area contributed by atoms with Crippen molar-refractivity contribution in [3.63, 3.8) is 0 Å². The molecule has 0 saturated heterocycles. The van der Waals surface area contributed by atoms with Gasteiger partial charge in [0.2, 0.25) is 0 Å². The molecular weight excluding hydrogens is 216 g/mol. The first-order valence-electron chi connectivity index (χ1n) is 5.24. The van der Waals surface area contributed by atoms with Crippen LogP contribution in [0.15, 0.2) is 30.5 Å². The number of aryl methyl sites for hydroxylation is 2. The summed E-state index contributed by atoms with van der Waals surface area (Å²) in [5.74, 6) is 0.267. The molecule has 0 aliphatic carbocycles. The number of nitrogens with zero attached hydrogens (tertiary/aromatic N) is 2. The van der Waals surface area contributed by atoms with E-state index in [1.807, 2.05) is 13.0 Å². The third-order valence-electron chi connectivity index (χ3n) is 2.52. The Hall–Kier alpha value is -2.30. The van der Waals surface area contributed by atoms with Gasteiger partial charge in [0.1, 0.15) is 0 Å². The van der Waals surface area contributed by atoms with Crippen LogP contribution in [0.1, 0.15) is 15.9 Å². The van der Waals surface area contributed by atoms with Crippen LogP contribution in [0.4, 0.5) is 11.5 Å². The highest BCUT2D eigenvalue weighted by atomic mass is 16.1. The fourth-order valence-corrected chi connectivity index (χ4v) is 1.54. The number of carbonyl (C=O) groups excluding carboxylic acids is 1. The molecule has 2 rings (SSSR count). The van der Waals surface area contributed by atoms with Gasteiger partial charge in [0.25, 0.3) is 5.91 Å². The molecule has 0 unspecified atom stereocenters. The SMILES string of the molecule is Cc1cccc(C(=O)Nc2ccn(C)n2)c1N. The number of hydrogen-bond acceptors (Lipinski definition) is 3. The summed E-state index contributed by atoms with van der Waals surface area (Å²) < 4.78 is 1.62. The van der Waals surface area contributed by atoms with E-state index in [0.717, 1.165) is 5.56 Å². The van der Waals surface area contributed by atoms with E-state index < -0.39 is 0 Å². The Morgan fingerprint density at radius 1 is 1.41 bits per heavy atom. The lowest BCUT2D eigenvalue weighted by molar-refractivity contribution is 0.102. The molecule has 0 atom stereocenters. The van der Waals surface area contributed by atoms with Crippen LogP contribution in [-0.4, -0.2) is 15.7 Å². The highest BCUT2D eigenvalue weighted by Crippen LogP contribution is 2.17. The highest BCUT2D eigenvalue weighted by Gasteiger charge is 2.11. The fraction of sp³-hybridized carbons (Fsp3) is 0.167. The molecule has 2 aromatic rings. The maximum atomic E-state index is 12.0. The first-order chi connectivity index (χ1) is 8.08. The molecule has 3 N–H and O–H groups in total. The molecular formula is C12H14N4O. The van der Waals surface area contributed by atoms with Gasteiger partial charge in [0.05, 0.1) is 5.56 Å². The monoisotopic (exact) mass is 230 g/mol. The molecule has 1 amide bonds. The lowest BCUT2D eigenvalue weighted by atomic mass is 10.1. The minimum atomic E-state index is -0.245. The zero-order valence-corrected chi connectivity index (χ0v) is 9.77. The van der Waals surface area contributed by atoms with Crippen LogP contribution in [0.3, 0.4) is 0 Å². The van der Waals surface area contributed by atoms with Gasteiger partial charge >= 0.3 is 0 Å². The second kappa shape index (κ2) is 4.29. The Balaban J connectivity index is 2.23. The van der Waals surface area contributed by atoms with Crippen molar-refractivity contribution in [2.24, 2.45) is 7.05 Å². The van der Waals surface area contributed by atoms with Gasteiger partial charge in [0, 0.05) is 25.0 Å². The van der Waals surface area contributed by atoms with Gasteiger partial charge in [-0.3, -0.25) is 9.48 Å². The van der Waals surface area contributed by atoms with Crippen LogP contribution >= 0.6 is 0 Å². The summed E-state index contributed by atoms with van der Waals surface area (Å²) in [5, 5.41) is 6.77. The van der Waals surface area contributed by atoms with E-state index in [1.165, 1.54) is 0 Å². The van der Waals surface area contributed by atoms with Gasteiger partial charge in [-0.2, -0.15) is 5.10 Å². The van der Waals surface area contributed by atoms with Gasteiger partial charge in [-0.1, -0.05) is 12.1 Å². The number of benzene rings is 1. The van der Waals surface area contributed by atoms with Gasteiger partial charge in [-0.15, -0.1) is 0 Å². The summed E-state index contributed by atoms with van der Waals surface area (Å²) in [6.45, 7) is 1.87. The van der Waals surface area contributed by atoms with E-state index in [9.17, 15) is 4.79 Å². The maximum Gasteiger partial charge on any atom is 0.258 e. The van der Waals surface area contributed by atoms with Crippen LogP contribution < -0.4 is 11.1 Å². The zero-order valence-electron chi connectivity index (χ0n) is 9.77. The minimum Gasteiger partial charge on any atom is -0.398 e. The second-order valence-corrected chi connectivity index (χ2v) is 3.86. The molecule has 0 bridgehead atoms. The van der Waals surface area contributed by atoms with E-state index in [0.29, 0.717) is 17.1 Å². The highest BCUT2D eigenvalue weighted by molar-refractivity contribution is 6.07. The molecule has 1 aromatic carbocycles. The summed E-state index contributed by atoms with van der Waals surface area (Å²) in [4.78, 5) is 12.0. The summed E-state index contributed by atoms with van der Waals surface area (Å²) >= 11 is 0. The lowest BCUT2D eigenvalue weighted by Crippen LogP contribution is -2.15. The number of nitrogens with two attached hydrogens (primary N) is 1. The molecule has 0 aliphatic heterocycles. The number of carbonyl (C=O) groups is 1. The molecule has 5 nitrogen and oxygen atoms in total. The number of para-hydroxylation sites is 1. The topological polar surface area (TPSA) is 72.9 Å². The Morgan fingerprint density at radius 2 is 2.18 bits per heavy atom. The summed E-state index contributed by atoms with van der Waals surface area (Å²) in [5.41, 5.74) is 7.71. The smallest absolute Gasteiger partial charge is 0.258 e. The van der Waals surface area contributed by atoms with Crippen molar-refractivity contribution in [1.82, 2.24) is 9.78 Å². The number of anilines is 2. The van der Waals surface area contributed by atoms with E-state index in [2.05, 4.69) is 10.4 Å². The number of amides is 1. The van der Waals surface area contributed by atoms with E-state index in [-0.39, 0.29) is 5.91 Å². The van der Waals surface area contributed by atoms with E-state index in [4.69, 9.17) is 5.73 Å². The van der Waals surface area contributed by atoms with Crippen LogP contribution in [0, 0.1) is 6.92 Å². The summed E-state index contributed by atoms with van der Waals surface area (Å²) in [6.07, 6.45) is 1.76. The van der Waals surface area contributed by atoms with E-state index in [1.54, 1.807) is 36.1 Å². The van der Waals surface area contributed by atoms with Crippen LogP contribution in [0.2, 0.25) is 0 Å². The van der Waals surface area contributed by atoms with Crippen LogP contribution in [-0.2, 0) is 7.05 Å². The van der Waals surface area contributed by atoms with E-state index >= 15 is 0 Å². The lowest BCUT2D eigenvalue weighted by Gasteiger charge is -2.07. The third-order valence-corrected chi connectivity index (χ3v) is 2.52. The Kier molecular flexibility index (Phi) is 2.82. The normalized spacial score (nSPS) is 10.2. The summed E-state index contributed by atoms with van der Waals surface area (Å²) in [6, 6.07) is 7.09. The second-order valence-electron chi connectivity index (χ2n) is 3.86. The Morgan fingerprint density at radius 3 is 2.82 bits per heavy atom. The average Bonchev–Trinajstić information content (AvgIpc) is 2.68. The van der Waals surface area contributed by atoms with Crippen molar-refractivity contribution in [3.05, 3.63) is 41.6 Å². The number of nitrogens with one attached hydrogen (secondary N) is 1. The molecule has 5 heteroatoms. The first-order valence-corrected chi connectivity index (χ1v) is 5.24. The first kappa shape index (κ1) is 11.2. The molecule has 0 aliphatic rings. The number of nitrogen functional groups attached to an aromatic ring is 1. The van der Waals surface area contributed by atoms with Crippen LogP contribution in [0.25, 0.3) is 0 Å². The van der Waals surface area contributed by atoms with Crippen molar-refractivity contribution >= 4 is 17.4 Å². The van der Waals surface area contributed by atoms with Crippen molar-refractivity contribution in [3.8, 4) is 0 Å².